The van der Waals surface area contributed by atoms with Gasteiger partial charge in [-0.3, -0.25) is 10.8 Å². The fraction of sp³-hybridized carbons (Fsp3) is 0.214. The average Bonchev–Trinajstić information content (AvgIpc) is 3.26. The molecule has 110 valence electrons. The van der Waals surface area contributed by atoms with Crippen LogP contribution >= 0.6 is 0 Å². The van der Waals surface area contributed by atoms with Gasteiger partial charge in [-0.1, -0.05) is 30.3 Å². The van der Waals surface area contributed by atoms with Crippen molar-refractivity contribution in [3.63, 3.8) is 0 Å². The molecule has 2 aromatic rings. The first kappa shape index (κ1) is 14.0. The summed E-state index contributed by atoms with van der Waals surface area (Å²) in [5.41, 5.74) is 3.85. The highest BCUT2D eigenvalue weighted by molar-refractivity contribution is 7.89. The van der Waals surface area contributed by atoms with Crippen molar-refractivity contribution in [1.29, 1.82) is 0 Å². The maximum atomic E-state index is 12.4. The Morgan fingerprint density at radius 2 is 1.95 bits per heavy atom. The van der Waals surface area contributed by atoms with Crippen LogP contribution in [0.5, 0.6) is 0 Å². The number of nitrogens with one attached hydrogen (secondary N) is 2. The molecule has 0 radical (unpaired) electrons. The van der Waals surface area contributed by atoms with Gasteiger partial charge < -0.3 is 5.43 Å². The molecule has 21 heavy (non-hydrogen) atoms. The zero-order valence-corrected chi connectivity index (χ0v) is 12.0. The van der Waals surface area contributed by atoms with E-state index in [0.29, 0.717) is 5.69 Å². The molecule has 2 unspecified atom stereocenters. The number of hydrazine groups is 1. The third kappa shape index (κ3) is 2.90. The second kappa shape index (κ2) is 5.44. The molecular weight excluding hydrogens is 288 g/mol. The fourth-order valence-electron chi connectivity index (χ4n) is 2.37. The second-order valence-electron chi connectivity index (χ2n) is 5.00. The van der Waals surface area contributed by atoms with Gasteiger partial charge in [0.25, 0.3) is 0 Å². The zero-order valence-electron chi connectivity index (χ0n) is 11.2. The van der Waals surface area contributed by atoms with Crippen molar-refractivity contribution in [2.45, 2.75) is 23.3 Å². The minimum absolute atomic E-state index is 0.0613. The van der Waals surface area contributed by atoms with E-state index in [-0.39, 0.29) is 16.9 Å². The van der Waals surface area contributed by atoms with Crippen LogP contribution in [-0.4, -0.2) is 19.4 Å². The molecule has 2 atom stereocenters. The number of benzene rings is 1. The van der Waals surface area contributed by atoms with Crippen LogP contribution in [0.25, 0.3) is 0 Å². The van der Waals surface area contributed by atoms with E-state index in [4.69, 9.17) is 5.84 Å². The van der Waals surface area contributed by atoms with Gasteiger partial charge in [-0.2, -0.15) is 0 Å². The normalized spacial score (nSPS) is 21.0. The standard InChI is InChI=1S/C14H16N4O2S/c15-17-12-6-7-16-9-14(12)21(19,20)18-13-8-11(13)10-4-2-1-3-5-10/h1-7,9,11,13,18H,8,15H2,(H,16,17). The van der Waals surface area contributed by atoms with E-state index in [0.717, 1.165) is 12.0 Å². The van der Waals surface area contributed by atoms with Gasteiger partial charge in [-0.15, -0.1) is 0 Å². The molecule has 1 aliphatic rings. The Balaban J connectivity index is 1.77. The highest BCUT2D eigenvalue weighted by atomic mass is 32.2. The van der Waals surface area contributed by atoms with Crippen molar-refractivity contribution < 1.29 is 8.42 Å². The quantitative estimate of drug-likeness (QED) is 0.570. The van der Waals surface area contributed by atoms with E-state index in [1.165, 1.54) is 18.5 Å². The van der Waals surface area contributed by atoms with Crippen LogP contribution in [0.4, 0.5) is 5.69 Å². The van der Waals surface area contributed by atoms with Crippen molar-refractivity contribution >= 4 is 15.7 Å². The topological polar surface area (TPSA) is 97.1 Å². The third-order valence-electron chi connectivity index (χ3n) is 3.55. The molecule has 1 aromatic heterocycles. The number of pyridine rings is 1. The van der Waals surface area contributed by atoms with Crippen molar-refractivity contribution in [3.8, 4) is 0 Å². The van der Waals surface area contributed by atoms with Crippen molar-refractivity contribution in [2.75, 3.05) is 5.43 Å². The van der Waals surface area contributed by atoms with E-state index < -0.39 is 10.0 Å². The minimum atomic E-state index is -3.64. The van der Waals surface area contributed by atoms with Crippen molar-refractivity contribution in [2.24, 2.45) is 5.84 Å². The summed E-state index contributed by atoms with van der Waals surface area (Å²) >= 11 is 0. The Morgan fingerprint density at radius 3 is 2.67 bits per heavy atom. The Labute approximate surface area is 123 Å². The molecule has 0 amide bonds. The van der Waals surface area contributed by atoms with E-state index >= 15 is 0 Å². The van der Waals surface area contributed by atoms with E-state index in [1.54, 1.807) is 0 Å². The van der Waals surface area contributed by atoms with Gasteiger partial charge in [-0.05, 0) is 18.1 Å². The Kier molecular flexibility index (Phi) is 3.62. The highest BCUT2D eigenvalue weighted by Crippen LogP contribution is 2.41. The molecule has 0 spiro atoms. The summed E-state index contributed by atoms with van der Waals surface area (Å²) in [6, 6.07) is 11.3. The van der Waals surface area contributed by atoms with Crippen LogP contribution in [0.2, 0.25) is 0 Å². The lowest BCUT2D eigenvalue weighted by atomic mass is 10.1. The Morgan fingerprint density at radius 1 is 1.19 bits per heavy atom. The van der Waals surface area contributed by atoms with Gasteiger partial charge >= 0.3 is 0 Å². The average molecular weight is 304 g/mol. The summed E-state index contributed by atoms with van der Waals surface area (Å²) in [4.78, 5) is 3.91. The molecule has 4 N–H and O–H groups in total. The van der Waals surface area contributed by atoms with Gasteiger partial charge in [0.2, 0.25) is 10.0 Å². The molecule has 1 heterocycles. The monoisotopic (exact) mass is 304 g/mol. The summed E-state index contributed by atoms with van der Waals surface area (Å²) in [7, 11) is -3.64. The molecule has 3 rings (SSSR count). The molecule has 6 nitrogen and oxygen atoms in total. The van der Waals surface area contributed by atoms with Crippen LogP contribution in [0.15, 0.2) is 53.7 Å². The highest BCUT2D eigenvalue weighted by Gasteiger charge is 2.41. The summed E-state index contributed by atoms with van der Waals surface area (Å²) in [5, 5.41) is 0. The number of rotatable bonds is 5. The lowest BCUT2D eigenvalue weighted by Crippen LogP contribution is -2.28. The number of nitrogen functional groups attached to an aromatic ring is 1. The number of hydrogen-bond donors (Lipinski definition) is 3. The van der Waals surface area contributed by atoms with Crippen LogP contribution in [0.1, 0.15) is 17.9 Å². The molecule has 0 bridgehead atoms. The van der Waals surface area contributed by atoms with Crippen LogP contribution in [0, 0.1) is 0 Å². The molecule has 7 heteroatoms. The first-order valence-electron chi connectivity index (χ1n) is 6.60. The maximum Gasteiger partial charge on any atom is 0.244 e. The molecule has 0 saturated heterocycles. The number of nitrogens with two attached hydrogens (primary N) is 1. The first-order valence-corrected chi connectivity index (χ1v) is 8.08. The molecule has 1 fully saturated rings. The Bertz CT molecular complexity index is 734. The largest absolute Gasteiger partial charge is 0.323 e. The molecule has 1 saturated carbocycles. The van der Waals surface area contributed by atoms with Gasteiger partial charge in [-0.25, -0.2) is 13.1 Å². The molecule has 1 aromatic carbocycles. The van der Waals surface area contributed by atoms with Gasteiger partial charge in [0.15, 0.2) is 0 Å². The van der Waals surface area contributed by atoms with E-state index in [1.807, 2.05) is 30.3 Å². The van der Waals surface area contributed by atoms with Gasteiger partial charge in [0.1, 0.15) is 4.90 Å². The number of sulfonamides is 1. The first-order chi connectivity index (χ1) is 10.1. The summed E-state index contributed by atoms with van der Waals surface area (Å²) < 4.78 is 27.5. The van der Waals surface area contributed by atoms with Crippen LogP contribution in [-0.2, 0) is 10.0 Å². The minimum Gasteiger partial charge on any atom is -0.323 e. The third-order valence-corrected chi connectivity index (χ3v) is 5.07. The summed E-state index contributed by atoms with van der Waals surface area (Å²) in [6.45, 7) is 0. The Hall–Kier alpha value is -1.96. The predicted molar refractivity (Wildman–Crippen MR) is 80.0 cm³/mol. The summed E-state index contributed by atoms with van der Waals surface area (Å²) in [6.07, 6.45) is 3.57. The lowest BCUT2D eigenvalue weighted by Gasteiger charge is -2.10. The van der Waals surface area contributed by atoms with Crippen LogP contribution < -0.4 is 16.0 Å². The van der Waals surface area contributed by atoms with Gasteiger partial charge in [0.05, 0.1) is 5.69 Å². The predicted octanol–water partition coefficient (Wildman–Crippen LogP) is 1.20. The zero-order chi connectivity index (χ0) is 14.9. The van der Waals surface area contributed by atoms with Gasteiger partial charge in [0, 0.05) is 24.4 Å². The fourth-order valence-corrected chi connectivity index (χ4v) is 3.77. The van der Waals surface area contributed by atoms with E-state index in [9.17, 15) is 8.42 Å². The SMILES string of the molecule is NNc1ccncc1S(=O)(=O)NC1CC1c1ccccc1. The molecular formula is C14H16N4O2S. The molecule has 1 aliphatic carbocycles. The second-order valence-corrected chi connectivity index (χ2v) is 6.68. The number of hydrogen-bond acceptors (Lipinski definition) is 5. The molecule has 0 aliphatic heterocycles. The summed E-state index contributed by atoms with van der Waals surface area (Å²) in [5.74, 6) is 5.57. The van der Waals surface area contributed by atoms with E-state index in [2.05, 4.69) is 15.1 Å². The number of aromatic nitrogens is 1. The number of nitrogens with zero attached hydrogens (tertiary/aromatic N) is 1. The lowest BCUT2D eigenvalue weighted by molar-refractivity contribution is 0.580. The number of anilines is 1. The van der Waals surface area contributed by atoms with Crippen LogP contribution in [0.3, 0.4) is 0 Å². The van der Waals surface area contributed by atoms with Crippen molar-refractivity contribution in [3.05, 3.63) is 54.4 Å². The van der Waals surface area contributed by atoms with Crippen molar-refractivity contribution in [1.82, 2.24) is 9.71 Å². The smallest absolute Gasteiger partial charge is 0.244 e. The maximum absolute atomic E-state index is 12.4.